The third-order valence-electron chi connectivity index (χ3n) is 2.92. The molecule has 0 radical (unpaired) electrons. The molecule has 21 heavy (non-hydrogen) atoms. The predicted molar refractivity (Wildman–Crippen MR) is 88.4 cm³/mol. The molecule has 112 valence electrons. The molecule has 2 N–H and O–H groups in total. The van der Waals surface area contributed by atoms with E-state index in [0.29, 0.717) is 10.7 Å². The van der Waals surface area contributed by atoms with Crippen LogP contribution in [0.4, 0.5) is 11.4 Å². The van der Waals surface area contributed by atoms with Crippen molar-refractivity contribution >= 4 is 33.0 Å². The third kappa shape index (κ3) is 4.95. The summed E-state index contributed by atoms with van der Waals surface area (Å²) in [6.45, 7) is 2.03. The van der Waals surface area contributed by atoms with Crippen molar-refractivity contribution < 1.29 is 8.42 Å². The molecule has 1 unspecified atom stereocenters. The molecule has 0 fully saturated rings. The van der Waals surface area contributed by atoms with Crippen molar-refractivity contribution in [2.75, 3.05) is 16.3 Å². The zero-order chi connectivity index (χ0) is 15.5. The zero-order valence-electron chi connectivity index (χ0n) is 11.8. The number of benzene rings is 2. The fourth-order valence-corrected chi connectivity index (χ4v) is 2.65. The van der Waals surface area contributed by atoms with Gasteiger partial charge in [0.1, 0.15) is 0 Å². The number of hydrogen-bond acceptors (Lipinski definition) is 3. The van der Waals surface area contributed by atoms with E-state index in [4.69, 9.17) is 11.6 Å². The first-order valence-corrected chi connectivity index (χ1v) is 8.70. The summed E-state index contributed by atoms with van der Waals surface area (Å²) >= 11 is 5.87. The molecule has 4 nitrogen and oxygen atoms in total. The first kappa shape index (κ1) is 15.7. The van der Waals surface area contributed by atoms with E-state index >= 15 is 0 Å². The van der Waals surface area contributed by atoms with Crippen LogP contribution < -0.4 is 10.0 Å². The van der Waals surface area contributed by atoms with Crippen molar-refractivity contribution in [3.8, 4) is 0 Å². The largest absolute Gasteiger partial charge is 0.378 e. The first-order valence-electron chi connectivity index (χ1n) is 6.43. The normalized spacial score (nSPS) is 12.7. The van der Waals surface area contributed by atoms with Crippen molar-refractivity contribution in [1.29, 1.82) is 0 Å². The average Bonchev–Trinajstić information content (AvgIpc) is 2.37. The molecule has 0 aliphatic carbocycles. The number of sulfonamides is 1. The lowest BCUT2D eigenvalue weighted by Crippen LogP contribution is -2.10. The number of hydrogen-bond donors (Lipinski definition) is 2. The average molecular weight is 325 g/mol. The van der Waals surface area contributed by atoms with Crippen LogP contribution in [-0.4, -0.2) is 14.7 Å². The lowest BCUT2D eigenvalue weighted by atomic mass is 10.1. The summed E-state index contributed by atoms with van der Waals surface area (Å²) in [5.74, 6) is 0. The first-order chi connectivity index (χ1) is 9.83. The van der Waals surface area contributed by atoms with Crippen LogP contribution in [0, 0.1) is 0 Å². The Bertz CT molecular complexity index is 715. The van der Waals surface area contributed by atoms with Crippen LogP contribution in [-0.2, 0) is 10.0 Å². The van der Waals surface area contributed by atoms with Gasteiger partial charge in [0.25, 0.3) is 0 Å². The maximum Gasteiger partial charge on any atom is 0.229 e. The van der Waals surface area contributed by atoms with Crippen molar-refractivity contribution in [1.82, 2.24) is 0 Å². The molecule has 0 saturated heterocycles. The Hall–Kier alpha value is -1.72. The monoisotopic (exact) mass is 324 g/mol. The summed E-state index contributed by atoms with van der Waals surface area (Å²) in [5, 5.41) is 4.03. The molecule has 0 aromatic heterocycles. The molecule has 2 aromatic rings. The van der Waals surface area contributed by atoms with Gasteiger partial charge in [0, 0.05) is 16.8 Å². The molecular weight excluding hydrogens is 308 g/mol. The maximum atomic E-state index is 11.2. The van der Waals surface area contributed by atoms with Gasteiger partial charge in [-0.1, -0.05) is 29.8 Å². The molecule has 2 aromatic carbocycles. The van der Waals surface area contributed by atoms with E-state index in [9.17, 15) is 8.42 Å². The second-order valence-corrected chi connectivity index (χ2v) is 7.06. The number of anilines is 2. The number of halogens is 1. The molecule has 0 aliphatic rings. The second-order valence-electron chi connectivity index (χ2n) is 4.87. The Morgan fingerprint density at radius 1 is 1.05 bits per heavy atom. The van der Waals surface area contributed by atoms with Crippen LogP contribution in [0.15, 0.2) is 48.5 Å². The number of rotatable bonds is 5. The van der Waals surface area contributed by atoms with Gasteiger partial charge < -0.3 is 5.32 Å². The van der Waals surface area contributed by atoms with Gasteiger partial charge in [0.15, 0.2) is 0 Å². The van der Waals surface area contributed by atoms with Gasteiger partial charge in [-0.05, 0) is 42.8 Å². The highest BCUT2D eigenvalue weighted by atomic mass is 35.5. The Balaban J connectivity index is 2.12. The standard InChI is InChI=1S/C15H17ClN2O2S/c1-11(12-6-8-13(16)9-7-12)17-14-4-3-5-15(10-14)18-21(2,19)20/h3-11,17-18H,1-2H3. The highest BCUT2D eigenvalue weighted by Crippen LogP contribution is 2.23. The molecule has 0 spiro atoms. The van der Waals surface area contributed by atoms with Gasteiger partial charge in [0.2, 0.25) is 10.0 Å². The van der Waals surface area contributed by atoms with Gasteiger partial charge in [0.05, 0.1) is 11.9 Å². The third-order valence-corrected chi connectivity index (χ3v) is 3.78. The summed E-state index contributed by atoms with van der Waals surface area (Å²) in [7, 11) is -3.27. The smallest absolute Gasteiger partial charge is 0.229 e. The molecule has 0 heterocycles. The minimum Gasteiger partial charge on any atom is -0.378 e. The molecule has 0 saturated carbocycles. The molecule has 0 aliphatic heterocycles. The Morgan fingerprint density at radius 3 is 2.29 bits per heavy atom. The SMILES string of the molecule is CC(Nc1cccc(NS(C)(=O)=O)c1)c1ccc(Cl)cc1. The minimum atomic E-state index is -3.27. The van der Waals surface area contributed by atoms with Crippen LogP contribution in [0.3, 0.4) is 0 Å². The lowest BCUT2D eigenvalue weighted by Gasteiger charge is -2.16. The molecule has 2 rings (SSSR count). The van der Waals surface area contributed by atoms with E-state index in [1.54, 1.807) is 18.2 Å². The Labute approximate surface area is 130 Å². The fraction of sp³-hybridized carbons (Fsp3) is 0.200. The second kappa shape index (κ2) is 6.37. The summed E-state index contributed by atoms with van der Waals surface area (Å²) in [5.41, 5.74) is 2.47. The van der Waals surface area contributed by atoms with E-state index < -0.39 is 10.0 Å². The van der Waals surface area contributed by atoms with Crippen molar-refractivity contribution in [2.45, 2.75) is 13.0 Å². The van der Waals surface area contributed by atoms with E-state index in [2.05, 4.69) is 10.0 Å². The van der Waals surface area contributed by atoms with E-state index in [0.717, 1.165) is 17.5 Å². The van der Waals surface area contributed by atoms with Crippen molar-refractivity contribution in [3.63, 3.8) is 0 Å². The molecule has 0 bridgehead atoms. The Kier molecular flexibility index (Phi) is 4.75. The highest BCUT2D eigenvalue weighted by Gasteiger charge is 2.07. The molecular formula is C15H17ClN2O2S. The fourth-order valence-electron chi connectivity index (χ4n) is 1.97. The summed E-state index contributed by atoms with van der Waals surface area (Å²) in [6, 6.07) is 14.8. The van der Waals surface area contributed by atoms with Crippen LogP contribution in [0.2, 0.25) is 5.02 Å². The van der Waals surface area contributed by atoms with Crippen molar-refractivity contribution in [3.05, 3.63) is 59.1 Å². The van der Waals surface area contributed by atoms with Crippen LogP contribution in [0.1, 0.15) is 18.5 Å². The molecule has 1 atom stereocenters. The summed E-state index contributed by atoms with van der Waals surface area (Å²) in [6.07, 6.45) is 1.13. The maximum absolute atomic E-state index is 11.2. The summed E-state index contributed by atoms with van der Waals surface area (Å²) < 4.78 is 24.9. The quantitative estimate of drug-likeness (QED) is 0.877. The minimum absolute atomic E-state index is 0.0794. The van der Waals surface area contributed by atoms with Gasteiger partial charge in [-0.15, -0.1) is 0 Å². The van der Waals surface area contributed by atoms with E-state index in [1.807, 2.05) is 37.3 Å². The van der Waals surface area contributed by atoms with Gasteiger partial charge in [-0.3, -0.25) is 4.72 Å². The topological polar surface area (TPSA) is 58.2 Å². The zero-order valence-corrected chi connectivity index (χ0v) is 13.4. The van der Waals surface area contributed by atoms with Gasteiger partial charge in [-0.25, -0.2) is 8.42 Å². The van der Waals surface area contributed by atoms with E-state index in [1.165, 1.54) is 0 Å². The molecule has 0 amide bonds. The predicted octanol–water partition coefficient (Wildman–Crippen LogP) is 3.88. The number of nitrogens with one attached hydrogen (secondary N) is 2. The van der Waals surface area contributed by atoms with Gasteiger partial charge >= 0.3 is 0 Å². The summed E-state index contributed by atoms with van der Waals surface area (Å²) in [4.78, 5) is 0. The Morgan fingerprint density at radius 2 is 1.67 bits per heavy atom. The van der Waals surface area contributed by atoms with Crippen LogP contribution >= 0.6 is 11.6 Å². The van der Waals surface area contributed by atoms with Crippen LogP contribution in [0.25, 0.3) is 0 Å². The van der Waals surface area contributed by atoms with Crippen LogP contribution in [0.5, 0.6) is 0 Å². The molecule has 6 heteroatoms. The van der Waals surface area contributed by atoms with E-state index in [-0.39, 0.29) is 6.04 Å². The highest BCUT2D eigenvalue weighted by molar-refractivity contribution is 7.92. The lowest BCUT2D eigenvalue weighted by molar-refractivity contribution is 0.607. The van der Waals surface area contributed by atoms with Gasteiger partial charge in [-0.2, -0.15) is 0 Å². The van der Waals surface area contributed by atoms with Crippen molar-refractivity contribution in [2.24, 2.45) is 0 Å².